The van der Waals surface area contributed by atoms with Crippen molar-refractivity contribution in [3.05, 3.63) is 0 Å². The molecule has 0 radical (unpaired) electrons. The van der Waals surface area contributed by atoms with E-state index in [1.165, 1.54) is 193 Å². The molecule has 0 aliphatic heterocycles. The van der Waals surface area contributed by atoms with E-state index in [0.717, 1.165) is 25.7 Å². The van der Waals surface area contributed by atoms with Gasteiger partial charge in [-0.1, -0.05) is 205 Å². The van der Waals surface area contributed by atoms with Gasteiger partial charge in [-0.25, -0.2) is 0 Å². The van der Waals surface area contributed by atoms with Gasteiger partial charge in [-0.3, -0.25) is 9.59 Å². The fraction of sp³-hybridized carbons (Fsp3) is 0.947. The summed E-state index contributed by atoms with van der Waals surface area (Å²) in [6.45, 7) is 0. The van der Waals surface area contributed by atoms with Crippen LogP contribution in [0.1, 0.15) is 231 Å². The first-order valence-electron chi connectivity index (χ1n) is 19.2. The van der Waals surface area contributed by atoms with E-state index in [1.807, 2.05) is 0 Å². The molecule has 5 heteroatoms. The van der Waals surface area contributed by atoms with E-state index < -0.39 is 0 Å². The van der Waals surface area contributed by atoms with E-state index in [0.29, 0.717) is 12.8 Å². The minimum atomic E-state index is -0.152. The predicted molar refractivity (Wildman–Crippen MR) is 188 cm³/mol. The summed E-state index contributed by atoms with van der Waals surface area (Å²) < 4.78 is 0. The number of carbonyl (C=O) groups excluding carboxylic acids is 2. The summed E-state index contributed by atoms with van der Waals surface area (Å²) in [7, 11) is 0. The van der Waals surface area contributed by atoms with Crippen LogP contribution < -0.4 is 11.5 Å². The highest BCUT2D eigenvalue weighted by atomic mass is 16.1. The van der Waals surface area contributed by atoms with Crippen molar-refractivity contribution in [2.24, 2.45) is 11.5 Å². The van der Waals surface area contributed by atoms with Gasteiger partial charge < -0.3 is 16.9 Å². The van der Waals surface area contributed by atoms with Crippen LogP contribution in [0.15, 0.2) is 0 Å². The van der Waals surface area contributed by atoms with Crippen LogP contribution in [0.2, 0.25) is 0 Å². The zero-order chi connectivity index (χ0) is 30.6. The molecule has 0 fully saturated rings. The SMILES string of the molecule is NC(=O)CCCCCCCCCCCCCCCCCCCCCCCCCCCCCCCCCCCCC(N)=O.O. The zero-order valence-corrected chi connectivity index (χ0v) is 28.9. The normalized spacial score (nSPS) is 11.1. The third kappa shape index (κ3) is 43.1. The smallest absolute Gasteiger partial charge is 0.217 e. The summed E-state index contributed by atoms with van der Waals surface area (Å²) in [5.41, 5.74) is 10.3. The number of rotatable bonds is 37. The first-order chi connectivity index (χ1) is 20.6. The van der Waals surface area contributed by atoms with Gasteiger partial charge in [0, 0.05) is 12.8 Å². The van der Waals surface area contributed by atoms with Gasteiger partial charge >= 0.3 is 0 Å². The second-order valence-corrected chi connectivity index (χ2v) is 13.5. The number of primary amides is 2. The lowest BCUT2D eigenvalue weighted by Gasteiger charge is -2.05. The first-order valence-corrected chi connectivity index (χ1v) is 19.2. The van der Waals surface area contributed by atoms with Gasteiger partial charge in [0.15, 0.2) is 0 Å². The Morgan fingerprint density at radius 1 is 0.233 bits per heavy atom. The topological polar surface area (TPSA) is 118 Å². The highest BCUT2D eigenvalue weighted by Crippen LogP contribution is 2.17. The van der Waals surface area contributed by atoms with Crippen molar-refractivity contribution in [3.8, 4) is 0 Å². The van der Waals surface area contributed by atoms with Crippen LogP contribution in [0.4, 0.5) is 0 Å². The molecule has 0 heterocycles. The minimum absolute atomic E-state index is 0. The van der Waals surface area contributed by atoms with Crippen molar-refractivity contribution in [1.29, 1.82) is 0 Å². The van der Waals surface area contributed by atoms with Crippen LogP contribution in [-0.4, -0.2) is 17.3 Å². The Balaban J connectivity index is 0. The molecule has 0 aliphatic rings. The monoisotopic (exact) mass is 611 g/mol. The molecule has 0 unspecified atom stereocenters. The van der Waals surface area contributed by atoms with E-state index in [-0.39, 0.29) is 17.3 Å². The van der Waals surface area contributed by atoms with Crippen LogP contribution in [0.3, 0.4) is 0 Å². The zero-order valence-electron chi connectivity index (χ0n) is 28.9. The quantitative estimate of drug-likeness (QED) is 0.0680. The van der Waals surface area contributed by atoms with E-state index in [9.17, 15) is 9.59 Å². The van der Waals surface area contributed by atoms with Gasteiger partial charge in [-0.2, -0.15) is 0 Å². The van der Waals surface area contributed by atoms with Gasteiger partial charge in [0.2, 0.25) is 11.8 Å². The summed E-state index contributed by atoms with van der Waals surface area (Å²) in [4.78, 5) is 21.4. The van der Waals surface area contributed by atoms with Gasteiger partial charge in [0.05, 0.1) is 0 Å². The molecule has 2 amide bonds. The Kier molecular flexibility index (Phi) is 39.9. The van der Waals surface area contributed by atoms with E-state index in [1.54, 1.807) is 0 Å². The molecule has 258 valence electrons. The van der Waals surface area contributed by atoms with Crippen molar-refractivity contribution in [1.82, 2.24) is 0 Å². The molecule has 0 aromatic rings. The third-order valence-electron chi connectivity index (χ3n) is 9.10. The van der Waals surface area contributed by atoms with Crippen LogP contribution in [-0.2, 0) is 9.59 Å². The van der Waals surface area contributed by atoms with Gasteiger partial charge in [0.25, 0.3) is 0 Å². The molecule has 0 atom stereocenters. The molecule has 0 aromatic carbocycles. The highest BCUT2D eigenvalue weighted by Gasteiger charge is 1.99. The maximum absolute atomic E-state index is 10.7. The molecule has 0 rings (SSSR count). The average molecular weight is 611 g/mol. The molecule has 0 bridgehead atoms. The van der Waals surface area contributed by atoms with E-state index in [4.69, 9.17) is 11.5 Å². The summed E-state index contributed by atoms with van der Waals surface area (Å²) in [6.07, 6.45) is 47.9. The lowest BCUT2D eigenvalue weighted by atomic mass is 10.0. The molecule has 0 aliphatic carbocycles. The number of hydrogen-bond acceptors (Lipinski definition) is 2. The maximum atomic E-state index is 10.7. The van der Waals surface area contributed by atoms with Crippen molar-refractivity contribution in [2.75, 3.05) is 0 Å². The molecule has 43 heavy (non-hydrogen) atoms. The Bertz CT molecular complexity index is 507. The summed E-state index contributed by atoms with van der Waals surface area (Å²) in [5.74, 6) is -0.304. The molecule has 0 saturated heterocycles. The Hall–Kier alpha value is -1.10. The molecular weight excluding hydrogens is 532 g/mol. The number of hydrogen-bond donors (Lipinski definition) is 2. The molecule has 6 N–H and O–H groups in total. The number of unbranched alkanes of at least 4 members (excludes halogenated alkanes) is 33. The minimum Gasteiger partial charge on any atom is -0.412 e. The standard InChI is InChI=1S/C38H76N2O2.H2O/c39-37(41)35-33-31-29-27-25-23-21-19-17-15-13-11-9-7-5-3-1-2-4-6-8-10-12-14-16-18-20-22-24-26-28-30-32-34-36-38(40)42;/h1-36H2,(H2,39,41)(H2,40,42);1H2. The maximum Gasteiger partial charge on any atom is 0.217 e. The molecule has 0 saturated carbocycles. The number of carbonyl (C=O) groups is 2. The van der Waals surface area contributed by atoms with Crippen molar-refractivity contribution >= 4 is 11.8 Å². The van der Waals surface area contributed by atoms with Crippen LogP contribution in [0.5, 0.6) is 0 Å². The molecule has 0 aromatic heterocycles. The Morgan fingerprint density at radius 2 is 0.326 bits per heavy atom. The second-order valence-electron chi connectivity index (χ2n) is 13.5. The van der Waals surface area contributed by atoms with Gasteiger partial charge in [-0.15, -0.1) is 0 Å². The lowest BCUT2D eigenvalue weighted by Crippen LogP contribution is -2.09. The molecule has 5 nitrogen and oxygen atoms in total. The fourth-order valence-corrected chi connectivity index (χ4v) is 6.26. The van der Waals surface area contributed by atoms with E-state index >= 15 is 0 Å². The predicted octanol–water partition coefficient (Wildman–Crippen LogP) is 11.2. The summed E-state index contributed by atoms with van der Waals surface area (Å²) in [6, 6.07) is 0. The van der Waals surface area contributed by atoms with E-state index in [2.05, 4.69) is 0 Å². The van der Waals surface area contributed by atoms with Crippen LogP contribution in [0, 0.1) is 0 Å². The van der Waals surface area contributed by atoms with Crippen LogP contribution in [0.25, 0.3) is 0 Å². The fourth-order valence-electron chi connectivity index (χ4n) is 6.26. The first kappa shape index (κ1) is 44.0. The third-order valence-corrected chi connectivity index (χ3v) is 9.10. The van der Waals surface area contributed by atoms with Crippen LogP contribution >= 0.6 is 0 Å². The van der Waals surface area contributed by atoms with Crippen molar-refractivity contribution < 1.29 is 15.1 Å². The highest BCUT2D eigenvalue weighted by molar-refractivity contribution is 5.73. The van der Waals surface area contributed by atoms with Gasteiger partial charge in [0.1, 0.15) is 0 Å². The van der Waals surface area contributed by atoms with Gasteiger partial charge in [-0.05, 0) is 12.8 Å². The number of amides is 2. The van der Waals surface area contributed by atoms with Crippen molar-refractivity contribution in [3.63, 3.8) is 0 Å². The van der Waals surface area contributed by atoms with Crippen molar-refractivity contribution in [2.45, 2.75) is 231 Å². The lowest BCUT2D eigenvalue weighted by molar-refractivity contribution is -0.119. The second kappa shape index (κ2) is 38.9. The number of nitrogens with two attached hydrogens (primary N) is 2. The Labute approximate surface area is 269 Å². The Morgan fingerprint density at radius 3 is 0.419 bits per heavy atom. The average Bonchev–Trinajstić information content (AvgIpc) is 2.96. The summed E-state index contributed by atoms with van der Waals surface area (Å²) >= 11 is 0. The molecular formula is C38H78N2O3. The largest absolute Gasteiger partial charge is 0.412 e. The summed E-state index contributed by atoms with van der Waals surface area (Å²) in [5, 5.41) is 0. The molecule has 0 spiro atoms.